The average molecular weight is 305 g/mol. The van der Waals surface area contributed by atoms with E-state index >= 15 is 0 Å². The number of piperidine rings is 1. The predicted molar refractivity (Wildman–Crippen MR) is 82.2 cm³/mol. The van der Waals surface area contributed by atoms with E-state index in [0.717, 1.165) is 24.8 Å². The first-order valence-corrected chi connectivity index (χ1v) is 7.70. The van der Waals surface area contributed by atoms with E-state index in [9.17, 15) is 9.59 Å². The van der Waals surface area contributed by atoms with Crippen molar-refractivity contribution in [2.45, 2.75) is 38.8 Å². The molecule has 1 aromatic rings. The summed E-state index contributed by atoms with van der Waals surface area (Å²) in [4.78, 5) is 25.7. The molecule has 0 bridgehead atoms. The summed E-state index contributed by atoms with van der Waals surface area (Å²) in [6.07, 6.45) is 2.06. The fourth-order valence-electron chi connectivity index (χ4n) is 2.84. The SMILES string of the molecule is CC[C@H]1CC[C@H](C(=O)OC)CN1C(=O)OCc1ccccc1. The monoisotopic (exact) mass is 305 g/mol. The highest BCUT2D eigenvalue weighted by molar-refractivity contribution is 5.75. The number of esters is 1. The lowest BCUT2D eigenvalue weighted by Gasteiger charge is -2.37. The molecule has 0 radical (unpaired) electrons. The Morgan fingerprint density at radius 3 is 2.59 bits per heavy atom. The average Bonchev–Trinajstić information content (AvgIpc) is 2.59. The van der Waals surface area contributed by atoms with E-state index in [1.165, 1.54) is 7.11 Å². The molecular weight excluding hydrogens is 282 g/mol. The molecule has 0 aliphatic carbocycles. The molecule has 2 atom stereocenters. The molecule has 1 aliphatic rings. The van der Waals surface area contributed by atoms with E-state index in [1.807, 2.05) is 37.3 Å². The van der Waals surface area contributed by atoms with Gasteiger partial charge in [0.2, 0.25) is 0 Å². The summed E-state index contributed by atoms with van der Waals surface area (Å²) >= 11 is 0. The summed E-state index contributed by atoms with van der Waals surface area (Å²) in [5, 5.41) is 0. The lowest BCUT2D eigenvalue weighted by atomic mass is 9.92. The number of ether oxygens (including phenoxy) is 2. The number of rotatable bonds is 4. The Hall–Kier alpha value is -2.04. The standard InChI is InChI=1S/C17H23NO4/c1-3-15-10-9-14(16(19)21-2)11-18(15)17(20)22-12-13-7-5-4-6-8-13/h4-8,14-15H,3,9-12H2,1-2H3/t14-,15-/m0/s1. The Labute approximate surface area is 131 Å². The van der Waals surface area contributed by atoms with Gasteiger partial charge in [-0.05, 0) is 24.8 Å². The number of benzene rings is 1. The van der Waals surface area contributed by atoms with Crippen LogP contribution in [0.3, 0.4) is 0 Å². The van der Waals surface area contributed by atoms with Crippen LogP contribution in [0.5, 0.6) is 0 Å². The van der Waals surface area contributed by atoms with Gasteiger partial charge in [0.1, 0.15) is 6.61 Å². The largest absolute Gasteiger partial charge is 0.469 e. The molecule has 1 aliphatic heterocycles. The van der Waals surface area contributed by atoms with Crippen molar-refractivity contribution in [2.24, 2.45) is 5.92 Å². The number of amides is 1. The number of methoxy groups -OCH3 is 1. The Morgan fingerprint density at radius 1 is 1.23 bits per heavy atom. The molecule has 22 heavy (non-hydrogen) atoms. The van der Waals surface area contributed by atoms with Crippen LogP contribution in [0, 0.1) is 5.92 Å². The van der Waals surface area contributed by atoms with Crippen LogP contribution in [0.25, 0.3) is 0 Å². The van der Waals surface area contributed by atoms with Crippen LogP contribution >= 0.6 is 0 Å². The molecule has 0 saturated carbocycles. The van der Waals surface area contributed by atoms with Gasteiger partial charge in [-0.3, -0.25) is 4.79 Å². The molecule has 0 aromatic heterocycles. The first kappa shape index (κ1) is 16.3. The molecule has 5 nitrogen and oxygen atoms in total. The Balaban J connectivity index is 1.96. The van der Waals surface area contributed by atoms with Crippen molar-refractivity contribution in [3.05, 3.63) is 35.9 Å². The Kier molecular flexibility index (Phi) is 5.81. The summed E-state index contributed by atoms with van der Waals surface area (Å²) in [6, 6.07) is 9.70. The van der Waals surface area contributed by atoms with Gasteiger partial charge in [0, 0.05) is 12.6 Å². The molecule has 1 heterocycles. The van der Waals surface area contributed by atoms with Crippen LogP contribution in [-0.4, -0.2) is 36.7 Å². The molecule has 1 aromatic carbocycles. The van der Waals surface area contributed by atoms with Gasteiger partial charge in [-0.15, -0.1) is 0 Å². The van der Waals surface area contributed by atoms with Crippen molar-refractivity contribution in [1.82, 2.24) is 4.90 Å². The summed E-state index contributed by atoms with van der Waals surface area (Å²) in [6.45, 7) is 2.66. The lowest BCUT2D eigenvalue weighted by Crippen LogP contribution is -2.48. The second-order valence-corrected chi connectivity index (χ2v) is 5.55. The number of hydrogen-bond donors (Lipinski definition) is 0. The fraction of sp³-hybridized carbons (Fsp3) is 0.529. The number of nitrogens with zero attached hydrogens (tertiary/aromatic N) is 1. The van der Waals surface area contributed by atoms with Crippen molar-refractivity contribution in [1.29, 1.82) is 0 Å². The maximum Gasteiger partial charge on any atom is 0.410 e. The zero-order valence-corrected chi connectivity index (χ0v) is 13.2. The summed E-state index contributed by atoms with van der Waals surface area (Å²) in [5.41, 5.74) is 0.949. The highest BCUT2D eigenvalue weighted by atomic mass is 16.6. The maximum atomic E-state index is 12.3. The van der Waals surface area contributed by atoms with Gasteiger partial charge in [-0.1, -0.05) is 37.3 Å². The Morgan fingerprint density at radius 2 is 1.95 bits per heavy atom. The van der Waals surface area contributed by atoms with Gasteiger partial charge < -0.3 is 14.4 Å². The minimum absolute atomic E-state index is 0.129. The molecule has 0 unspecified atom stereocenters. The van der Waals surface area contributed by atoms with Crippen LogP contribution in [-0.2, 0) is 20.9 Å². The van der Waals surface area contributed by atoms with E-state index in [1.54, 1.807) is 4.90 Å². The Bertz CT molecular complexity index is 503. The van der Waals surface area contributed by atoms with Crippen molar-refractivity contribution >= 4 is 12.1 Å². The highest BCUT2D eigenvalue weighted by Crippen LogP contribution is 2.25. The zero-order valence-electron chi connectivity index (χ0n) is 13.2. The van der Waals surface area contributed by atoms with Crippen LogP contribution in [0.4, 0.5) is 4.79 Å². The summed E-state index contributed by atoms with van der Waals surface area (Å²) < 4.78 is 10.2. The van der Waals surface area contributed by atoms with E-state index in [2.05, 4.69) is 0 Å². The van der Waals surface area contributed by atoms with E-state index in [4.69, 9.17) is 9.47 Å². The van der Waals surface area contributed by atoms with Gasteiger partial charge in [-0.25, -0.2) is 4.79 Å². The smallest absolute Gasteiger partial charge is 0.410 e. The normalized spacial score (nSPS) is 21.3. The topological polar surface area (TPSA) is 55.8 Å². The van der Waals surface area contributed by atoms with Gasteiger partial charge >= 0.3 is 12.1 Å². The maximum absolute atomic E-state index is 12.3. The van der Waals surface area contributed by atoms with Crippen LogP contribution in [0.15, 0.2) is 30.3 Å². The molecule has 2 rings (SSSR count). The molecule has 1 amide bonds. The number of hydrogen-bond acceptors (Lipinski definition) is 4. The van der Waals surface area contributed by atoms with Crippen molar-refractivity contribution < 1.29 is 19.1 Å². The lowest BCUT2D eigenvalue weighted by molar-refractivity contribution is -0.147. The third-order valence-corrected chi connectivity index (χ3v) is 4.15. The first-order chi connectivity index (χ1) is 10.7. The third kappa shape index (κ3) is 4.00. The van der Waals surface area contributed by atoms with E-state index in [0.29, 0.717) is 6.54 Å². The molecular formula is C17H23NO4. The van der Waals surface area contributed by atoms with E-state index in [-0.39, 0.29) is 30.6 Å². The fourth-order valence-corrected chi connectivity index (χ4v) is 2.84. The molecule has 1 fully saturated rings. The molecule has 0 N–H and O–H groups in total. The van der Waals surface area contributed by atoms with Crippen LogP contribution < -0.4 is 0 Å². The summed E-state index contributed by atoms with van der Waals surface area (Å²) in [7, 11) is 1.38. The minimum atomic E-state index is -0.357. The van der Waals surface area contributed by atoms with Crippen LogP contribution in [0.2, 0.25) is 0 Å². The second kappa shape index (κ2) is 7.82. The number of carbonyl (C=O) groups excluding carboxylic acids is 2. The second-order valence-electron chi connectivity index (χ2n) is 5.55. The number of likely N-dealkylation sites (tertiary alicyclic amines) is 1. The van der Waals surface area contributed by atoms with Crippen LogP contribution in [0.1, 0.15) is 31.7 Å². The van der Waals surface area contributed by atoms with Gasteiger partial charge in [0.25, 0.3) is 0 Å². The zero-order chi connectivity index (χ0) is 15.9. The summed E-state index contributed by atoms with van der Waals surface area (Å²) in [5.74, 6) is -0.507. The van der Waals surface area contributed by atoms with Crippen molar-refractivity contribution in [3.63, 3.8) is 0 Å². The van der Waals surface area contributed by atoms with Gasteiger partial charge in [0.05, 0.1) is 13.0 Å². The molecule has 120 valence electrons. The molecule has 1 saturated heterocycles. The molecule has 5 heteroatoms. The van der Waals surface area contributed by atoms with Gasteiger partial charge in [0.15, 0.2) is 0 Å². The van der Waals surface area contributed by atoms with E-state index < -0.39 is 0 Å². The number of carbonyl (C=O) groups is 2. The van der Waals surface area contributed by atoms with Gasteiger partial charge in [-0.2, -0.15) is 0 Å². The third-order valence-electron chi connectivity index (χ3n) is 4.15. The quantitative estimate of drug-likeness (QED) is 0.802. The highest BCUT2D eigenvalue weighted by Gasteiger charge is 2.35. The van der Waals surface area contributed by atoms with Crippen molar-refractivity contribution in [2.75, 3.05) is 13.7 Å². The predicted octanol–water partition coefficient (Wildman–Crippen LogP) is 2.99. The molecule has 0 spiro atoms. The first-order valence-electron chi connectivity index (χ1n) is 7.70. The van der Waals surface area contributed by atoms with Crippen molar-refractivity contribution in [3.8, 4) is 0 Å². The minimum Gasteiger partial charge on any atom is -0.469 e.